The van der Waals surface area contributed by atoms with Gasteiger partial charge in [0.25, 0.3) is 0 Å². The zero-order chi connectivity index (χ0) is 12.4. The summed E-state index contributed by atoms with van der Waals surface area (Å²) in [4.78, 5) is 2.77. The molecule has 1 saturated carbocycles. The molecule has 0 aromatic heterocycles. The van der Waals surface area contributed by atoms with Crippen LogP contribution in [0.25, 0.3) is 0 Å². The van der Waals surface area contributed by atoms with E-state index < -0.39 is 0 Å². The molecule has 0 bridgehead atoms. The lowest BCUT2D eigenvalue weighted by atomic mass is 9.77. The predicted octanol–water partition coefficient (Wildman–Crippen LogP) is 2.87. The number of piperidine rings is 1. The predicted molar refractivity (Wildman–Crippen MR) is 73.9 cm³/mol. The zero-order valence-corrected chi connectivity index (χ0v) is 11.9. The number of likely N-dealkylation sites (tertiary alicyclic amines) is 1. The lowest BCUT2D eigenvalue weighted by Gasteiger charge is -2.48. The van der Waals surface area contributed by atoms with Gasteiger partial charge in [0.05, 0.1) is 0 Å². The Kier molecular flexibility index (Phi) is 4.48. The minimum atomic E-state index is 0.643. The molecule has 1 saturated heterocycles. The van der Waals surface area contributed by atoms with Crippen LogP contribution in [-0.4, -0.2) is 30.1 Å². The Morgan fingerprint density at radius 1 is 1.06 bits per heavy atom. The van der Waals surface area contributed by atoms with Crippen molar-refractivity contribution in [2.24, 2.45) is 23.5 Å². The number of nitrogens with zero attached hydrogens (tertiary/aromatic N) is 1. The van der Waals surface area contributed by atoms with Crippen molar-refractivity contribution in [2.45, 2.75) is 65.0 Å². The van der Waals surface area contributed by atoms with E-state index in [0.29, 0.717) is 6.04 Å². The highest BCUT2D eigenvalue weighted by atomic mass is 15.2. The molecule has 0 aromatic carbocycles. The molecule has 5 atom stereocenters. The fourth-order valence-corrected chi connectivity index (χ4v) is 4.20. The lowest BCUT2D eigenvalue weighted by Crippen LogP contribution is -2.55. The summed E-state index contributed by atoms with van der Waals surface area (Å²) in [6.45, 7) is 9.38. The van der Waals surface area contributed by atoms with Crippen molar-refractivity contribution in [2.75, 3.05) is 13.1 Å². The Labute approximate surface area is 107 Å². The van der Waals surface area contributed by atoms with Gasteiger partial charge in [0, 0.05) is 18.6 Å². The third-order valence-electron chi connectivity index (χ3n) is 5.21. The van der Waals surface area contributed by atoms with E-state index in [1.54, 1.807) is 0 Å². The van der Waals surface area contributed by atoms with Crippen LogP contribution in [-0.2, 0) is 0 Å². The van der Waals surface area contributed by atoms with Crippen molar-refractivity contribution in [1.29, 1.82) is 0 Å². The fraction of sp³-hybridized carbons (Fsp3) is 1.00. The molecule has 1 heterocycles. The zero-order valence-electron chi connectivity index (χ0n) is 11.9. The fourth-order valence-electron chi connectivity index (χ4n) is 4.20. The van der Waals surface area contributed by atoms with E-state index in [1.807, 2.05) is 0 Å². The second-order valence-corrected chi connectivity index (χ2v) is 6.62. The SMILES string of the molecule is CC1CCC(N2CCCC(C)C2CN)C(C)C1. The summed E-state index contributed by atoms with van der Waals surface area (Å²) >= 11 is 0. The van der Waals surface area contributed by atoms with E-state index in [0.717, 1.165) is 30.3 Å². The first-order valence-electron chi connectivity index (χ1n) is 7.59. The third kappa shape index (κ3) is 2.85. The van der Waals surface area contributed by atoms with Gasteiger partial charge >= 0.3 is 0 Å². The van der Waals surface area contributed by atoms with Crippen LogP contribution in [0.4, 0.5) is 0 Å². The Balaban J connectivity index is 2.04. The van der Waals surface area contributed by atoms with Crippen molar-refractivity contribution < 1.29 is 0 Å². The van der Waals surface area contributed by atoms with Gasteiger partial charge in [0.2, 0.25) is 0 Å². The molecular formula is C15H30N2. The summed E-state index contributed by atoms with van der Waals surface area (Å²) in [7, 11) is 0. The highest BCUT2D eigenvalue weighted by Crippen LogP contribution is 2.36. The molecule has 1 aliphatic carbocycles. The van der Waals surface area contributed by atoms with Gasteiger partial charge in [0.1, 0.15) is 0 Å². The lowest BCUT2D eigenvalue weighted by molar-refractivity contribution is 0.0131. The third-order valence-corrected chi connectivity index (χ3v) is 5.21. The second-order valence-electron chi connectivity index (χ2n) is 6.62. The van der Waals surface area contributed by atoms with Crippen LogP contribution in [0.15, 0.2) is 0 Å². The molecule has 0 aromatic rings. The van der Waals surface area contributed by atoms with Gasteiger partial charge in [-0.3, -0.25) is 4.90 Å². The number of hydrogen-bond donors (Lipinski definition) is 1. The van der Waals surface area contributed by atoms with Crippen LogP contribution < -0.4 is 5.73 Å². The first-order valence-corrected chi connectivity index (χ1v) is 7.59. The average molecular weight is 238 g/mol. The van der Waals surface area contributed by atoms with Gasteiger partial charge in [-0.25, -0.2) is 0 Å². The van der Waals surface area contributed by atoms with E-state index in [4.69, 9.17) is 5.73 Å². The van der Waals surface area contributed by atoms with Crippen LogP contribution >= 0.6 is 0 Å². The molecule has 1 aliphatic heterocycles. The molecule has 5 unspecified atom stereocenters. The summed E-state index contributed by atoms with van der Waals surface area (Å²) in [5, 5.41) is 0. The Hall–Kier alpha value is -0.0800. The molecule has 0 radical (unpaired) electrons. The molecule has 2 aliphatic rings. The Morgan fingerprint density at radius 3 is 2.47 bits per heavy atom. The van der Waals surface area contributed by atoms with Crippen molar-refractivity contribution >= 4 is 0 Å². The van der Waals surface area contributed by atoms with E-state index >= 15 is 0 Å². The summed E-state index contributed by atoms with van der Waals surface area (Å²) in [5.74, 6) is 2.58. The largest absolute Gasteiger partial charge is 0.329 e. The topological polar surface area (TPSA) is 29.3 Å². The molecule has 2 heteroatoms. The van der Waals surface area contributed by atoms with Crippen molar-refractivity contribution in [3.05, 3.63) is 0 Å². The van der Waals surface area contributed by atoms with Gasteiger partial charge < -0.3 is 5.73 Å². The van der Waals surface area contributed by atoms with Crippen LogP contribution in [0.5, 0.6) is 0 Å². The van der Waals surface area contributed by atoms with Gasteiger partial charge in [-0.1, -0.05) is 20.8 Å². The Morgan fingerprint density at radius 2 is 1.82 bits per heavy atom. The van der Waals surface area contributed by atoms with E-state index in [-0.39, 0.29) is 0 Å². The van der Waals surface area contributed by atoms with E-state index in [1.165, 1.54) is 38.6 Å². The summed E-state index contributed by atoms with van der Waals surface area (Å²) in [5.41, 5.74) is 6.02. The molecular weight excluding hydrogens is 208 g/mol. The summed E-state index contributed by atoms with van der Waals surface area (Å²) < 4.78 is 0. The summed E-state index contributed by atoms with van der Waals surface area (Å²) in [6, 6.07) is 1.45. The van der Waals surface area contributed by atoms with E-state index in [2.05, 4.69) is 25.7 Å². The minimum Gasteiger partial charge on any atom is -0.329 e. The summed E-state index contributed by atoms with van der Waals surface area (Å²) in [6.07, 6.45) is 6.96. The van der Waals surface area contributed by atoms with Crippen molar-refractivity contribution in [1.82, 2.24) is 4.90 Å². The minimum absolute atomic E-state index is 0.643. The van der Waals surface area contributed by atoms with Gasteiger partial charge in [-0.15, -0.1) is 0 Å². The van der Waals surface area contributed by atoms with Crippen LogP contribution in [0.3, 0.4) is 0 Å². The number of rotatable bonds is 2. The molecule has 17 heavy (non-hydrogen) atoms. The first-order chi connectivity index (χ1) is 8.13. The molecule has 0 spiro atoms. The molecule has 2 fully saturated rings. The van der Waals surface area contributed by atoms with Gasteiger partial charge in [0.15, 0.2) is 0 Å². The van der Waals surface area contributed by atoms with Crippen LogP contribution in [0.1, 0.15) is 52.9 Å². The number of hydrogen-bond acceptors (Lipinski definition) is 2. The first kappa shape index (κ1) is 13.4. The average Bonchev–Trinajstić information content (AvgIpc) is 2.29. The van der Waals surface area contributed by atoms with Crippen molar-refractivity contribution in [3.8, 4) is 0 Å². The molecule has 100 valence electrons. The standard InChI is InChI=1S/C15H30N2/c1-11-6-7-14(13(3)9-11)17-8-4-5-12(2)15(17)10-16/h11-15H,4-10,16H2,1-3H3. The van der Waals surface area contributed by atoms with Gasteiger partial charge in [-0.05, 0) is 56.4 Å². The maximum atomic E-state index is 6.02. The van der Waals surface area contributed by atoms with Crippen LogP contribution in [0.2, 0.25) is 0 Å². The molecule has 2 N–H and O–H groups in total. The number of nitrogens with two attached hydrogens (primary N) is 1. The van der Waals surface area contributed by atoms with Crippen LogP contribution in [0, 0.1) is 17.8 Å². The second kappa shape index (κ2) is 5.71. The monoisotopic (exact) mass is 238 g/mol. The quantitative estimate of drug-likeness (QED) is 0.801. The highest BCUT2D eigenvalue weighted by molar-refractivity contribution is 4.91. The normalized spacial score (nSPS) is 44.8. The Bertz CT molecular complexity index is 241. The van der Waals surface area contributed by atoms with Crippen molar-refractivity contribution in [3.63, 3.8) is 0 Å². The molecule has 0 amide bonds. The molecule has 2 rings (SSSR count). The molecule has 2 nitrogen and oxygen atoms in total. The smallest absolute Gasteiger partial charge is 0.0247 e. The van der Waals surface area contributed by atoms with Gasteiger partial charge in [-0.2, -0.15) is 0 Å². The van der Waals surface area contributed by atoms with E-state index in [9.17, 15) is 0 Å². The maximum Gasteiger partial charge on any atom is 0.0247 e. The maximum absolute atomic E-state index is 6.02. The highest BCUT2D eigenvalue weighted by Gasteiger charge is 2.36.